The predicted octanol–water partition coefficient (Wildman–Crippen LogP) is 2.29. The lowest BCUT2D eigenvalue weighted by Crippen LogP contribution is -2.19. The largest absolute Gasteiger partial charge is 0.438 e. The molecule has 80 valence electrons. The molecular formula is C11H14N2O2. The van der Waals surface area contributed by atoms with Crippen molar-refractivity contribution < 1.29 is 9.15 Å². The summed E-state index contributed by atoms with van der Waals surface area (Å²) in [5.41, 5.74) is 7.31. The zero-order valence-corrected chi connectivity index (χ0v) is 9.07. The van der Waals surface area contributed by atoms with Gasteiger partial charge in [0.1, 0.15) is 11.1 Å². The number of methoxy groups -OCH3 is 1. The first-order valence-corrected chi connectivity index (χ1v) is 4.74. The number of nitrogen functional groups attached to an aromatic ring is 1. The molecule has 0 atom stereocenters. The molecule has 0 saturated carbocycles. The van der Waals surface area contributed by atoms with Crippen molar-refractivity contribution in [2.24, 2.45) is 0 Å². The van der Waals surface area contributed by atoms with Crippen LogP contribution in [0.2, 0.25) is 0 Å². The molecular weight excluding hydrogens is 192 g/mol. The number of hydrogen-bond acceptors (Lipinski definition) is 4. The molecule has 2 aromatic rings. The summed E-state index contributed by atoms with van der Waals surface area (Å²) in [4.78, 5) is 4.34. The average Bonchev–Trinajstić information content (AvgIpc) is 2.61. The molecule has 0 amide bonds. The van der Waals surface area contributed by atoms with Crippen LogP contribution in [-0.4, -0.2) is 12.1 Å². The molecule has 2 rings (SSSR count). The fourth-order valence-corrected chi connectivity index (χ4v) is 1.29. The van der Waals surface area contributed by atoms with E-state index in [-0.39, 0.29) is 0 Å². The highest BCUT2D eigenvalue weighted by Crippen LogP contribution is 2.27. The Balaban J connectivity index is 2.56. The zero-order valence-electron chi connectivity index (χ0n) is 9.07. The molecule has 0 aliphatic carbocycles. The van der Waals surface area contributed by atoms with E-state index in [0.29, 0.717) is 11.6 Å². The average molecular weight is 206 g/mol. The predicted molar refractivity (Wildman–Crippen MR) is 58.5 cm³/mol. The summed E-state index contributed by atoms with van der Waals surface area (Å²) in [7, 11) is 1.63. The highest BCUT2D eigenvalue weighted by Gasteiger charge is 2.26. The molecule has 15 heavy (non-hydrogen) atoms. The van der Waals surface area contributed by atoms with Gasteiger partial charge < -0.3 is 14.9 Å². The van der Waals surface area contributed by atoms with E-state index in [0.717, 1.165) is 11.1 Å². The molecule has 0 bridgehead atoms. The van der Waals surface area contributed by atoms with Crippen LogP contribution >= 0.6 is 0 Å². The van der Waals surface area contributed by atoms with Crippen LogP contribution in [0, 0.1) is 0 Å². The Kier molecular flexibility index (Phi) is 2.16. The Bertz CT molecular complexity index is 488. The van der Waals surface area contributed by atoms with Crippen molar-refractivity contribution in [3.05, 3.63) is 24.1 Å². The van der Waals surface area contributed by atoms with Gasteiger partial charge in [0.15, 0.2) is 5.58 Å². The van der Waals surface area contributed by atoms with Crippen molar-refractivity contribution in [2.45, 2.75) is 19.4 Å². The van der Waals surface area contributed by atoms with Crippen LogP contribution in [0.3, 0.4) is 0 Å². The van der Waals surface area contributed by atoms with Crippen LogP contribution in [0.25, 0.3) is 11.1 Å². The maximum atomic E-state index is 5.66. The number of nitrogens with zero attached hydrogens (tertiary/aromatic N) is 1. The number of fused-ring (bicyclic) bond motifs is 1. The van der Waals surface area contributed by atoms with Gasteiger partial charge in [0.05, 0.1) is 0 Å². The normalized spacial score (nSPS) is 12.2. The van der Waals surface area contributed by atoms with E-state index in [1.807, 2.05) is 19.9 Å². The summed E-state index contributed by atoms with van der Waals surface area (Å²) in [5.74, 6) is 0.561. The van der Waals surface area contributed by atoms with Gasteiger partial charge in [-0.25, -0.2) is 4.98 Å². The first-order chi connectivity index (χ1) is 7.03. The van der Waals surface area contributed by atoms with Gasteiger partial charge in [-0.1, -0.05) is 0 Å². The molecule has 0 unspecified atom stereocenters. The third-order valence-electron chi connectivity index (χ3n) is 2.44. The van der Waals surface area contributed by atoms with Crippen molar-refractivity contribution in [1.82, 2.24) is 4.98 Å². The Morgan fingerprint density at radius 3 is 2.80 bits per heavy atom. The van der Waals surface area contributed by atoms with Gasteiger partial charge in [-0.2, -0.15) is 0 Å². The van der Waals surface area contributed by atoms with Gasteiger partial charge in [-0.15, -0.1) is 0 Å². The van der Waals surface area contributed by atoms with E-state index in [9.17, 15) is 0 Å². The van der Waals surface area contributed by atoms with Crippen LogP contribution < -0.4 is 5.73 Å². The number of hydrogen-bond donors (Lipinski definition) is 1. The lowest BCUT2D eigenvalue weighted by Gasteiger charge is -2.17. The summed E-state index contributed by atoms with van der Waals surface area (Å²) >= 11 is 0. The van der Waals surface area contributed by atoms with Crippen LogP contribution in [0.5, 0.6) is 0 Å². The van der Waals surface area contributed by atoms with Gasteiger partial charge in [0.25, 0.3) is 0 Å². The van der Waals surface area contributed by atoms with Gasteiger partial charge in [-0.05, 0) is 32.0 Å². The van der Waals surface area contributed by atoms with E-state index in [4.69, 9.17) is 14.9 Å². The first-order valence-electron chi connectivity index (χ1n) is 4.74. The molecule has 1 aromatic heterocycles. The number of benzene rings is 1. The Morgan fingerprint density at radius 2 is 2.13 bits per heavy atom. The highest BCUT2D eigenvalue weighted by atomic mass is 16.5. The lowest BCUT2D eigenvalue weighted by atomic mass is 10.1. The monoisotopic (exact) mass is 206 g/mol. The van der Waals surface area contributed by atoms with Crippen molar-refractivity contribution in [2.75, 3.05) is 12.8 Å². The third kappa shape index (κ3) is 1.68. The maximum absolute atomic E-state index is 5.66. The summed E-state index contributed by atoms with van der Waals surface area (Å²) in [6, 6.07) is 5.39. The molecule has 0 aliphatic rings. The van der Waals surface area contributed by atoms with E-state index in [2.05, 4.69) is 4.98 Å². The number of aromatic nitrogens is 1. The SMILES string of the molecule is COC(C)(C)c1nc2cc(N)ccc2o1. The minimum atomic E-state index is -0.520. The third-order valence-corrected chi connectivity index (χ3v) is 2.44. The molecule has 2 N–H and O–H groups in total. The van der Waals surface area contributed by atoms with Crippen LogP contribution in [0.1, 0.15) is 19.7 Å². The van der Waals surface area contributed by atoms with Crippen molar-refractivity contribution >= 4 is 16.8 Å². The fraction of sp³-hybridized carbons (Fsp3) is 0.364. The number of ether oxygens (including phenoxy) is 1. The molecule has 0 spiro atoms. The molecule has 1 aromatic carbocycles. The van der Waals surface area contributed by atoms with Crippen LogP contribution in [0.4, 0.5) is 5.69 Å². The molecule has 0 aliphatic heterocycles. The molecule has 0 fully saturated rings. The molecule has 4 heteroatoms. The number of rotatable bonds is 2. The van der Waals surface area contributed by atoms with Crippen molar-refractivity contribution in [3.63, 3.8) is 0 Å². The highest BCUT2D eigenvalue weighted by molar-refractivity contribution is 5.76. The second kappa shape index (κ2) is 3.24. The second-order valence-corrected chi connectivity index (χ2v) is 3.96. The topological polar surface area (TPSA) is 61.3 Å². The second-order valence-electron chi connectivity index (χ2n) is 3.96. The quantitative estimate of drug-likeness (QED) is 0.766. The molecule has 4 nitrogen and oxygen atoms in total. The minimum absolute atomic E-state index is 0.520. The van der Waals surface area contributed by atoms with E-state index in [1.54, 1.807) is 19.2 Å². The molecule has 0 saturated heterocycles. The van der Waals surface area contributed by atoms with Crippen LogP contribution in [0.15, 0.2) is 22.6 Å². The molecule has 0 radical (unpaired) electrons. The Hall–Kier alpha value is -1.55. The zero-order chi connectivity index (χ0) is 11.1. The van der Waals surface area contributed by atoms with E-state index < -0.39 is 5.60 Å². The van der Waals surface area contributed by atoms with Gasteiger partial charge in [0, 0.05) is 12.8 Å². The summed E-state index contributed by atoms with van der Waals surface area (Å²) in [5, 5.41) is 0. The van der Waals surface area contributed by atoms with Crippen molar-refractivity contribution in [3.8, 4) is 0 Å². The summed E-state index contributed by atoms with van der Waals surface area (Å²) < 4.78 is 10.9. The first kappa shape index (κ1) is 9.98. The minimum Gasteiger partial charge on any atom is -0.438 e. The number of anilines is 1. The van der Waals surface area contributed by atoms with E-state index in [1.165, 1.54) is 0 Å². The molecule has 1 heterocycles. The van der Waals surface area contributed by atoms with Crippen LogP contribution in [-0.2, 0) is 10.3 Å². The lowest BCUT2D eigenvalue weighted by molar-refractivity contribution is -0.00241. The standard InChI is InChI=1S/C11H14N2O2/c1-11(2,14-3)10-13-8-6-7(12)4-5-9(8)15-10/h4-6H,12H2,1-3H3. The fourth-order valence-electron chi connectivity index (χ4n) is 1.29. The van der Waals surface area contributed by atoms with E-state index >= 15 is 0 Å². The van der Waals surface area contributed by atoms with Crippen molar-refractivity contribution in [1.29, 1.82) is 0 Å². The van der Waals surface area contributed by atoms with Gasteiger partial charge >= 0.3 is 0 Å². The van der Waals surface area contributed by atoms with Gasteiger partial charge in [0.2, 0.25) is 5.89 Å². The Labute approximate surface area is 88.0 Å². The summed E-state index contributed by atoms with van der Waals surface area (Å²) in [6.45, 7) is 3.81. The Morgan fingerprint density at radius 1 is 1.40 bits per heavy atom. The number of oxazole rings is 1. The maximum Gasteiger partial charge on any atom is 0.227 e. The number of nitrogens with two attached hydrogens (primary N) is 1. The van der Waals surface area contributed by atoms with Gasteiger partial charge in [-0.3, -0.25) is 0 Å². The summed E-state index contributed by atoms with van der Waals surface area (Å²) in [6.07, 6.45) is 0. The smallest absolute Gasteiger partial charge is 0.227 e.